The second-order valence-corrected chi connectivity index (χ2v) is 4.46. The summed E-state index contributed by atoms with van der Waals surface area (Å²) in [6.45, 7) is 1.77. The number of likely N-dealkylation sites (tertiary alicyclic amines) is 1. The van der Waals surface area contributed by atoms with E-state index in [0.29, 0.717) is 26.2 Å². The molecule has 2 N–H and O–H groups in total. The number of carbonyl (C=O) groups is 1. The van der Waals surface area contributed by atoms with E-state index < -0.39 is 13.0 Å². The van der Waals surface area contributed by atoms with Gasteiger partial charge in [-0.2, -0.15) is 0 Å². The van der Waals surface area contributed by atoms with Crippen LogP contribution in [0.4, 0.5) is 8.78 Å². The van der Waals surface area contributed by atoms with E-state index in [0.717, 1.165) is 12.8 Å². The summed E-state index contributed by atoms with van der Waals surface area (Å²) in [4.78, 5) is 13.5. The monoisotopic (exact) mass is 280 g/mol. The molecule has 5 nitrogen and oxygen atoms in total. The summed E-state index contributed by atoms with van der Waals surface area (Å²) in [5.41, 5.74) is 5.35. The van der Waals surface area contributed by atoms with Gasteiger partial charge in [-0.1, -0.05) is 0 Å². The van der Waals surface area contributed by atoms with Crippen LogP contribution in [0.25, 0.3) is 0 Å². The van der Waals surface area contributed by atoms with E-state index in [1.165, 1.54) is 0 Å². The molecule has 0 saturated carbocycles. The van der Waals surface area contributed by atoms with E-state index in [4.69, 9.17) is 15.2 Å². The highest BCUT2D eigenvalue weighted by Gasteiger charge is 2.22. The molecular weight excluding hydrogens is 258 g/mol. The molecule has 1 rings (SSSR count). The van der Waals surface area contributed by atoms with Gasteiger partial charge in [0.25, 0.3) is 6.43 Å². The minimum absolute atomic E-state index is 0.0484. The van der Waals surface area contributed by atoms with Gasteiger partial charge in [0.2, 0.25) is 5.91 Å². The molecule has 0 radical (unpaired) electrons. The van der Waals surface area contributed by atoms with Gasteiger partial charge in [-0.05, 0) is 12.8 Å². The number of amides is 1. The lowest BCUT2D eigenvalue weighted by molar-refractivity contribution is -0.135. The smallest absolute Gasteiger partial charge is 0.261 e. The summed E-state index contributed by atoms with van der Waals surface area (Å²) in [5, 5.41) is 0. The van der Waals surface area contributed by atoms with Gasteiger partial charge in [0.05, 0.1) is 25.7 Å². The van der Waals surface area contributed by atoms with Crippen molar-refractivity contribution in [1.82, 2.24) is 4.90 Å². The Bertz CT molecular complexity index is 259. The van der Waals surface area contributed by atoms with Crippen LogP contribution >= 0.6 is 0 Å². The number of carbonyl (C=O) groups excluding carboxylic acids is 1. The highest BCUT2D eigenvalue weighted by Crippen LogP contribution is 2.14. The largest absolute Gasteiger partial charge is 0.377 e. The van der Waals surface area contributed by atoms with Gasteiger partial charge in [-0.15, -0.1) is 0 Å². The zero-order valence-electron chi connectivity index (χ0n) is 11.0. The molecule has 1 fully saturated rings. The van der Waals surface area contributed by atoms with Gasteiger partial charge >= 0.3 is 0 Å². The van der Waals surface area contributed by atoms with Gasteiger partial charge in [0.1, 0.15) is 6.61 Å². The van der Waals surface area contributed by atoms with Crippen LogP contribution in [0.5, 0.6) is 0 Å². The van der Waals surface area contributed by atoms with Crippen LogP contribution < -0.4 is 5.73 Å². The SMILES string of the molecule is NCCOC1CCN(C(=O)CCOCC(F)F)CC1. The maximum atomic E-state index is 11.8. The van der Waals surface area contributed by atoms with Crippen molar-refractivity contribution in [3.8, 4) is 0 Å². The Hall–Kier alpha value is -0.790. The predicted molar refractivity (Wildman–Crippen MR) is 66.0 cm³/mol. The maximum absolute atomic E-state index is 11.8. The fourth-order valence-electron chi connectivity index (χ4n) is 2.00. The van der Waals surface area contributed by atoms with Crippen molar-refractivity contribution >= 4 is 5.91 Å². The van der Waals surface area contributed by atoms with Crippen molar-refractivity contribution in [1.29, 1.82) is 0 Å². The average Bonchev–Trinajstić information content (AvgIpc) is 2.41. The zero-order chi connectivity index (χ0) is 14.1. The minimum atomic E-state index is -2.48. The van der Waals surface area contributed by atoms with Crippen molar-refractivity contribution < 1.29 is 23.0 Å². The summed E-state index contributed by atoms with van der Waals surface area (Å²) in [6, 6.07) is 0. The number of ether oxygens (including phenoxy) is 2. The quantitative estimate of drug-likeness (QED) is 0.662. The number of nitrogens with two attached hydrogens (primary N) is 1. The van der Waals surface area contributed by atoms with E-state index in [9.17, 15) is 13.6 Å². The van der Waals surface area contributed by atoms with Crippen LogP contribution in [0.2, 0.25) is 0 Å². The van der Waals surface area contributed by atoms with E-state index in [1.54, 1.807) is 4.90 Å². The molecule has 1 amide bonds. The van der Waals surface area contributed by atoms with Crippen molar-refractivity contribution in [2.24, 2.45) is 5.73 Å². The molecule has 1 aliphatic heterocycles. The highest BCUT2D eigenvalue weighted by atomic mass is 19.3. The molecule has 1 saturated heterocycles. The normalized spacial score (nSPS) is 17.2. The van der Waals surface area contributed by atoms with Crippen molar-refractivity contribution in [2.45, 2.75) is 31.8 Å². The Balaban J connectivity index is 2.11. The van der Waals surface area contributed by atoms with E-state index in [1.807, 2.05) is 0 Å². The molecule has 1 aliphatic rings. The summed E-state index contributed by atoms with van der Waals surface area (Å²) >= 11 is 0. The number of alkyl halides is 2. The molecule has 0 unspecified atom stereocenters. The topological polar surface area (TPSA) is 64.8 Å². The van der Waals surface area contributed by atoms with Crippen LogP contribution in [-0.2, 0) is 14.3 Å². The lowest BCUT2D eigenvalue weighted by Gasteiger charge is -2.32. The van der Waals surface area contributed by atoms with E-state index >= 15 is 0 Å². The molecule has 0 bridgehead atoms. The Morgan fingerprint density at radius 1 is 1.32 bits per heavy atom. The molecule has 0 aromatic heterocycles. The van der Waals surface area contributed by atoms with Gasteiger partial charge < -0.3 is 20.1 Å². The van der Waals surface area contributed by atoms with E-state index in [-0.39, 0.29) is 25.0 Å². The molecule has 0 aromatic carbocycles. The zero-order valence-corrected chi connectivity index (χ0v) is 11.0. The van der Waals surface area contributed by atoms with Gasteiger partial charge in [-0.25, -0.2) is 8.78 Å². The van der Waals surface area contributed by atoms with Crippen LogP contribution in [0, 0.1) is 0 Å². The Kier molecular flexibility index (Phi) is 7.85. The summed E-state index contributed by atoms with van der Waals surface area (Å²) < 4.78 is 33.8. The number of halogens is 2. The molecule has 0 atom stereocenters. The minimum Gasteiger partial charge on any atom is -0.377 e. The molecule has 112 valence electrons. The number of hydrogen-bond donors (Lipinski definition) is 1. The first-order chi connectivity index (χ1) is 9.13. The Labute approximate surface area is 112 Å². The number of hydrogen-bond acceptors (Lipinski definition) is 4. The third kappa shape index (κ3) is 6.79. The molecule has 0 aromatic rings. The van der Waals surface area contributed by atoms with Crippen LogP contribution in [-0.4, -0.2) is 62.8 Å². The lowest BCUT2D eigenvalue weighted by atomic mass is 10.1. The van der Waals surface area contributed by atoms with Gasteiger partial charge in [-0.3, -0.25) is 4.79 Å². The third-order valence-electron chi connectivity index (χ3n) is 2.97. The predicted octanol–water partition coefficient (Wildman–Crippen LogP) is 0.624. The Morgan fingerprint density at radius 2 is 2.00 bits per heavy atom. The highest BCUT2D eigenvalue weighted by molar-refractivity contribution is 5.76. The lowest BCUT2D eigenvalue weighted by Crippen LogP contribution is -2.41. The Morgan fingerprint density at radius 3 is 2.58 bits per heavy atom. The first kappa shape index (κ1) is 16.3. The maximum Gasteiger partial charge on any atom is 0.261 e. The molecule has 7 heteroatoms. The van der Waals surface area contributed by atoms with Crippen LogP contribution in [0.3, 0.4) is 0 Å². The number of piperidine rings is 1. The van der Waals surface area contributed by atoms with Crippen LogP contribution in [0.1, 0.15) is 19.3 Å². The number of rotatable bonds is 8. The van der Waals surface area contributed by atoms with Gasteiger partial charge in [0, 0.05) is 19.6 Å². The van der Waals surface area contributed by atoms with Gasteiger partial charge in [0.15, 0.2) is 0 Å². The fourth-order valence-corrected chi connectivity index (χ4v) is 2.00. The van der Waals surface area contributed by atoms with Crippen LogP contribution in [0.15, 0.2) is 0 Å². The van der Waals surface area contributed by atoms with Crippen molar-refractivity contribution in [2.75, 3.05) is 39.5 Å². The summed E-state index contributed by atoms with van der Waals surface area (Å²) in [7, 11) is 0. The fraction of sp³-hybridized carbons (Fsp3) is 0.917. The van der Waals surface area contributed by atoms with Crippen molar-refractivity contribution in [3.05, 3.63) is 0 Å². The number of nitrogens with zero attached hydrogens (tertiary/aromatic N) is 1. The average molecular weight is 280 g/mol. The summed E-state index contributed by atoms with van der Waals surface area (Å²) in [6.07, 6.45) is -0.567. The van der Waals surface area contributed by atoms with E-state index in [2.05, 4.69) is 0 Å². The third-order valence-corrected chi connectivity index (χ3v) is 2.97. The van der Waals surface area contributed by atoms with Crippen molar-refractivity contribution in [3.63, 3.8) is 0 Å². The second-order valence-electron chi connectivity index (χ2n) is 4.46. The molecule has 0 aliphatic carbocycles. The first-order valence-corrected chi connectivity index (χ1v) is 6.58. The first-order valence-electron chi connectivity index (χ1n) is 6.58. The second kappa shape index (κ2) is 9.17. The molecule has 19 heavy (non-hydrogen) atoms. The summed E-state index contributed by atoms with van der Waals surface area (Å²) in [5.74, 6) is -0.0495. The molecule has 1 heterocycles. The molecular formula is C12H22F2N2O3. The molecule has 0 spiro atoms. The standard InChI is InChI=1S/C12H22F2N2O3/c13-11(14)9-18-7-3-12(17)16-5-1-10(2-6-16)19-8-4-15/h10-11H,1-9,15H2.